The van der Waals surface area contributed by atoms with E-state index in [4.69, 9.17) is 5.11 Å². The van der Waals surface area contributed by atoms with E-state index in [-0.39, 0.29) is 6.04 Å². The third kappa shape index (κ3) is 4.03. The van der Waals surface area contributed by atoms with Crippen LogP contribution in [0.3, 0.4) is 0 Å². The van der Waals surface area contributed by atoms with E-state index in [0.717, 1.165) is 28.2 Å². The van der Waals surface area contributed by atoms with Crippen LogP contribution in [0.15, 0.2) is 29.8 Å². The van der Waals surface area contributed by atoms with Crippen LogP contribution in [0.4, 0.5) is 4.79 Å². The van der Waals surface area contributed by atoms with Gasteiger partial charge in [-0.05, 0) is 32.1 Å². The zero-order chi connectivity index (χ0) is 15.4. The van der Waals surface area contributed by atoms with Gasteiger partial charge in [-0.3, -0.25) is 0 Å². The Kier molecular flexibility index (Phi) is 4.93. The summed E-state index contributed by atoms with van der Waals surface area (Å²) in [6, 6.07) is 7.72. The molecule has 1 aromatic carbocycles. The second kappa shape index (κ2) is 6.69. The number of carbonyl (C=O) groups is 1. The van der Waals surface area contributed by atoms with Gasteiger partial charge in [-0.2, -0.15) is 0 Å². The van der Waals surface area contributed by atoms with Crippen molar-refractivity contribution in [2.45, 2.75) is 19.5 Å². The Labute approximate surface area is 128 Å². The summed E-state index contributed by atoms with van der Waals surface area (Å²) in [7, 11) is 4.04. The molecular weight excluding hydrogens is 286 g/mol. The van der Waals surface area contributed by atoms with Crippen molar-refractivity contribution in [3.05, 3.63) is 41.0 Å². The van der Waals surface area contributed by atoms with Crippen LogP contribution < -0.4 is 5.32 Å². The largest absolute Gasteiger partial charge is 0.465 e. The van der Waals surface area contributed by atoms with Crippen molar-refractivity contribution in [3.8, 4) is 10.4 Å². The lowest BCUT2D eigenvalue weighted by Crippen LogP contribution is -2.24. The van der Waals surface area contributed by atoms with E-state index >= 15 is 0 Å². The molecule has 1 heterocycles. The SMILES string of the molecule is C[C@H](NC(=O)O)c1ccc(-c2scnc2CN(C)C)cc1. The summed E-state index contributed by atoms with van der Waals surface area (Å²) in [5.41, 5.74) is 4.98. The molecular formula is C15H19N3O2S. The molecule has 0 bridgehead atoms. The van der Waals surface area contributed by atoms with E-state index in [1.54, 1.807) is 11.3 Å². The van der Waals surface area contributed by atoms with Crippen LogP contribution in [-0.4, -0.2) is 35.2 Å². The molecule has 0 radical (unpaired) electrons. The molecule has 0 saturated heterocycles. The monoisotopic (exact) mass is 305 g/mol. The Balaban J connectivity index is 2.19. The van der Waals surface area contributed by atoms with Gasteiger partial charge in [-0.1, -0.05) is 24.3 Å². The van der Waals surface area contributed by atoms with E-state index < -0.39 is 6.09 Å². The molecule has 1 atom stereocenters. The van der Waals surface area contributed by atoms with E-state index in [2.05, 4.69) is 15.2 Å². The highest BCUT2D eigenvalue weighted by Crippen LogP contribution is 2.29. The topological polar surface area (TPSA) is 65.5 Å². The summed E-state index contributed by atoms with van der Waals surface area (Å²) in [6.07, 6.45) is -1.01. The van der Waals surface area contributed by atoms with Crippen LogP contribution in [0.5, 0.6) is 0 Å². The number of benzene rings is 1. The summed E-state index contributed by atoms with van der Waals surface area (Å²) >= 11 is 1.62. The molecule has 0 saturated carbocycles. The van der Waals surface area contributed by atoms with E-state index in [1.807, 2.05) is 50.8 Å². The van der Waals surface area contributed by atoms with Crippen LogP contribution in [0.1, 0.15) is 24.2 Å². The van der Waals surface area contributed by atoms with Crippen LogP contribution in [0.2, 0.25) is 0 Å². The average molecular weight is 305 g/mol. The number of thiazole rings is 1. The van der Waals surface area contributed by atoms with Crippen LogP contribution in [0, 0.1) is 0 Å². The predicted molar refractivity (Wildman–Crippen MR) is 84.5 cm³/mol. The first-order chi connectivity index (χ1) is 9.97. The maximum atomic E-state index is 10.7. The number of amides is 1. The first-order valence-electron chi connectivity index (χ1n) is 6.64. The molecule has 0 aliphatic heterocycles. The summed E-state index contributed by atoms with van der Waals surface area (Å²) in [6.45, 7) is 2.63. The molecule has 2 rings (SSSR count). The Morgan fingerprint density at radius 3 is 2.62 bits per heavy atom. The van der Waals surface area contributed by atoms with Crippen LogP contribution in [-0.2, 0) is 6.54 Å². The molecule has 1 aromatic heterocycles. The highest BCUT2D eigenvalue weighted by atomic mass is 32.1. The molecule has 1 amide bonds. The molecule has 112 valence electrons. The van der Waals surface area contributed by atoms with Gasteiger partial charge in [0.1, 0.15) is 0 Å². The number of carboxylic acid groups (broad SMARTS) is 1. The molecule has 0 aliphatic carbocycles. The molecule has 0 aliphatic rings. The molecule has 0 unspecified atom stereocenters. The lowest BCUT2D eigenvalue weighted by molar-refractivity contribution is 0.191. The minimum absolute atomic E-state index is 0.223. The highest BCUT2D eigenvalue weighted by molar-refractivity contribution is 7.13. The van der Waals surface area contributed by atoms with Gasteiger partial charge in [0.25, 0.3) is 0 Å². The zero-order valence-corrected chi connectivity index (χ0v) is 13.1. The van der Waals surface area contributed by atoms with Crippen molar-refractivity contribution in [2.24, 2.45) is 0 Å². The molecule has 5 nitrogen and oxygen atoms in total. The minimum Gasteiger partial charge on any atom is -0.465 e. The number of nitrogens with one attached hydrogen (secondary N) is 1. The van der Waals surface area contributed by atoms with Crippen molar-refractivity contribution in [3.63, 3.8) is 0 Å². The predicted octanol–water partition coefficient (Wildman–Crippen LogP) is 3.20. The first-order valence-corrected chi connectivity index (χ1v) is 7.52. The van der Waals surface area contributed by atoms with Crippen molar-refractivity contribution in [1.29, 1.82) is 0 Å². The zero-order valence-electron chi connectivity index (χ0n) is 12.3. The molecule has 6 heteroatoms. The number of hydrogen-bond acceptors (Lipinski definition) is 4. The Hall–Kier alpha value is -1.92. The fourth-order valence-electron chi connectivity index (χ4n) is 2.11. The summed E-state index contributed by atoms with van der Waals surface area (Å²) in [4.78, 5) is 18.3. The number of nitrogens with zero attached hydrogens (tertiary/aromatic N) is 2. The third-order valence-electron chi connectivity index (χ3n) is 3.12. The highest BCUT2D eigenvalue weighted by Gasteiger charge is 2.11. The normalized spacial score (nSPS) is 12.4. The smallest absolute Gasteiger partial charge is 0.405 e. The van der Waals surface area contributed by atoms with Gasteiger partial charge < -0.3 is 15.3 Å². The number of rotatable bonds is 5. The van der Waals surface area contributed by atoms with E-state index in [1.165, 1.54) is 0 Å². The first kappa shape index (κ1) is 15.5. The molecule has 2 N–H and O–H groups in total. The number of aromatic nitrogens is 1. The molecule has 21 heavy (non-hydrogen) atoms. The van der Waals surface area contributed by atoms with Crippen LogP contribution >= 0.6 is 11.3 Å². The Morgan fingerprint density at radius 1 is 1.38 bits per heavy atom. The Morgan fingerprint density at radius 2 is 2.05 bits per heavy atom. The van der Waals surface area contributed by atoms with Gasteiger partial charge >= 0.3 is 6.09 Å². The minimum atomic E-state index is -1.01. The molecule has 0 fully saturated rings. The average Bonchev–Trinajstić information content (AvgIpc) is 2.85. The third-order valence-corrected chi connectivity index (χ3v) is 4.04. The second-order valence-electron chi connectivity index (χ2n) is 5.16. The maximum Gasteiger partial charge on any atom is 0.405 e. The fraction of sp³-hybridized carbons (Fsp3) is 0.333. The van der Waals surface area contributed by atoms with Crippen molar-refractivity contribution >= 4 is 17.4 Å². The Bertz CT molecular complexity index is 608. The van der Waals surface area contributed by atoms with E-state index in [0.29, 0.717) is 0 Å². The van der Waals surface area contributed by atoms with Gasteiger partial charge in [0.15, 0.2) is 0 Å². The summed E-state index contributed by atoms with van der Waals surface area (Å²) in [5, 5.41) is 11.2. The van der Waals surface area contributed by atoms with Gasteiger partial charge in [0.2, 0.25) is 0 Å². The van der Waals surface area contributed by atoms with Crippen molar-refractivity contribution in [2.75, 3.05) is 14.1 Å². The maximum absolute atomic E-state index is 10.7. The van der Waals surface area contributed by atoms with Gasteiger partial charge in [-0.15, -0.1) is 11.3 Å². The standard InChI is InChI=1S/C15H19N3O2S/c1-10(17-15(19)20)11-4-6-12(7-5-11)14-13(8-18(2)3)16-9-21-14/h4-7,9-10,17H,8H2,1-3H3,(H,19,20)/t10-/m0/s1. The van der Waals surface area contributed by atoms with Gasteiger partial charge in [0.05, 0.1) is 22.1 Å². The number of hydrogen-bond donors (Lipinski definition) is 2. The van der Waals surface area contributed by atoms with Crippen LogP contribution in [0.25, 0.3) is 10.4 Å². The molecule has 0 spiro atoms. The molecule has 2 aromatic rings. The quantitative estimate of drug-likeness (QED) is 0.890. The van der Waals surface area contributed by atoms with Crippen molar-refractivity contribution in [1.82, 2.24) is 15.2 Å². The summed E-state index contributed by atoms with van der Waals surface area (Å²) < 4.78 is 0. The second-order valence-corrected chi connectivity index (χ2v) is 6.01. The lowest BCUT2D eigenvalue weighted by atomic mass is 10.0. The van der Waals surface area contributed by atoms with Gasteiger partial charge in [0, 0.05) is 6.54 Å². The van der Waals surface area contributed by atoms with Crippen molar-refractivity contribution < 1.29 is 9.90 Å². The fourth-order valence-corrected chi connectivity index (χ4v) is 2.92. The van der Waals surface area contributed by atoms with Gasteiger partial charge in [-0.25, -0.2) is 9.78 Å². The summed E-state index contributed by atoms with van der Waals surface area (Å²) in [5.74, 6) is 0. The van der Waals surface area contributed by atoms with E-state index in [9.17, 15) is 4.79 Å². The lowest BCUT2D eigenvalue weighted by Gasteiger charge is -2.13.